The number of carbonyl (C=O) groups excluding carboxylic acids is 1. The Hall–Kier alpha value is -0.440. The number of Topliss-reactive ketones (excluding diaryl/α,β-unsaturated/α-hetero) is 1. The molecule has 1 aromatic rings. The van der Waals surface area contributed by atoms with E-state index in [2.05, 4.69) is 0 Å². The van der Waals surface area contributed by atoms with Crippen molar-refractivity contribution in [2.75, 3.05) is 0 Å². The van der Waals surface area contributed by atoms with Crippen LogP contribution in [0.5, 0.6) is 5.75 Å². The van der Waals surface area contributed by atoms with E-state index in [0.717, 1.165) is 5.56 Å². The van der Waals surface area contributed by atoms with Crippen molar-refractivity contribution < 1.29 is 9.90 Å². The Kier molecular flexibility index (Phi) is 3.30. The molecule has 2 nitrogen and oxygen atoms in total. The van der Waals surface area contributed by atoms with Gasteiger partial charge in [-0.25, -0.2) is 0 Å². The molecule has 14 heavy (non-hydrogen) atoms. The highest BCUT2D eigenvalue weighted by atomic mass is 35.6. The minimum Gasteiger partial charge on any atom is -0.507 e. The van der Waals surface area contributed by atoms with Crippen LogP contribution in [0.15, 0.2) is 18.2 Å². The SMILES string of the molecule is Cc1ccc(C(=O)C(Cl)(Cl)Cl)c(O)c1. The van der Waals surface area contributed by atoms with Gasteiger partial charge in [-0.05, 0) is 24.6 Å². The molecule has 1 rings (SSSR count). The van der Waals surface area contributed by atoms with E-state index in [0.29, 0.717) is 0 Å². The Morgan fingerprint density at radius 1 is 1.36 bits per heavy atom. The van der Waals surface area contributed by atoms with Crippen LogP contribution < -0.4 is 0 Å². The van der Waals surface area contributed by atoms with E-state index in [-0.39, 0.29) is 11.3 Å². The van der Waals surface area contributed by atoms with Crippen molar-refractivity contribution in [3.8, 4) is 5.75 Å². The minimum atomic E-state index is -2.03. The maximum absolute atomic E-state index is 11.4. The molecular weight excluding hydrogens is 246 g/mol. The van der Waals surface area contributed by atoms with Crippen LogP contribution in [0.4, 0.5) is 0 Å². The molecule has 5 heteroatoms. The van der Waals surface area contributed by atoms with E-state index < -0.39 is 9.58 Å². The van der Waals surface area contributed by atoms with Gasteiger partial charge in [0.05, 0.1) is 5.56 Å². The summed E-state index contributed by atoms with van der Waals surface area (Å²) in [6, 6.07) is 4.52. The molecule has 0 atom stereocenters. The molecule has 0 bridgehead atoms. The summed E-state index contributed by atoms with van der Waals surface area (Å²) in [6.07, 6.45) is 0. The van der Waals surface area contributed by atoms with Crippen LogP contribution in [0.2, 0.25) is 0 Å². The van der Waals surface area contributed by atoms with Crippen molar-refractivity contribution in [2.24, 2.45) is 0 Å². The van der Waals surface area contributed by atoms with Gasteiger partial charge in [0.25, 0.3) is 3.79 Å². The molecule has 0 amide bonds. The van der Waals surface area contributed by atoms with Crippen LogP contribution in [0, 0.1) is 6.92 Å². The predicted octanol–water partition coefficient (Wildman–Crippen LogP) is 3.25. The summed E-state index contributed by atoms with van der Waals surface area (Å²) >= 11 is 16.2. The van der Waals surface area contributed by atoms with Crippen molar-refractivity contribution in [2.45, 2.75) is 10.7 Å². The van der Waals surface area contributed by atoms with E-state index in [1.807, 2.05) is 0 Å². The lowest BCUT2D eigenvalue weighted by Crippen LogP contribution is -2.18. The molecule has 0 unspecified atom stereocenters. The predicted molar refractivity (Wildman–Crippen MR) is 57.5 cm³/mol. The summed E-state index contributed by atoms with van der Waals surface area (Å²) in [5, 5.41) is 9.43. The van der Waals surface area contributed by atoms with E-state index in [1.54, 1.807) is 13.0 Å². The number of rotatable bonds is 1. The van der Waals surface area contributed by atoms with Crippen LogP contribution in [0.25, 0.3) is 0 Å². The summed E-state index contributed by atoms with van der Waals surface area (Å²) in [7, 11) is 0. The molecule has 0 radical (unpaired) electrons. The third-order valence-electron chi connectivity index (χ3n) is 1.66. The number of hydrogen-bond donors (Lipinski definition) is 1. The largest absolute Gasteiger partial charge is 0.507 e. The average molecular weight is 254 g/mol. The van der Waals surface area contributed by atoms with Crippen LogP contribution >= 0.6 is 34.8 Å². The van der Waals surface area contributed by atoms with E-state index in [4.69, 9.17) is 34.8 Å². The topological polar surface area (TPSA) is 37.3 Å². The zero-order chi connectivity index (χ0) is 10.9. The zero-order valence-corrected chi connectivity index (χ0v) is 9.49. The van der Waals surface area contributed by atoms with Gasteiger partial charge in [0.2, 0.25) is 5.78 Å². The molecular formula is C9H7Cl3O2. The monoisotopic (exact) mass is 252 g/mol. The number of benzene rings is 1. The summed E-state index contributed by atoms with van der Waals surface area (Å²) < 4.78 is -2.03. The highest BCUT2D eigenvalue weighted by Crippen LogP contribution is 2.33. The van der Waals surface area contributed by atoms with Crippen LogP contribution in [0.1, 0.15) is 15.9 Å². The summed E-state index contributed by atoms with van der Waals surface area (Å²) in [4.78, 5) is 11.4. The highest BCUT2D eigenvalue weighted by molar-refractivity contribution is 6.77. The zero-order valence-electron chi connectivity index (χ0n) is 7.22. The highest BCUT2D eigenvalue weighted by Gasteiger charge is 2.33. The number of carbonyl (C=O) groups is 1. The fraction of sp³-hybridized carbons (Fsp3) is 0.222. The first-order valence-corrected chi connectivity index (χ1v) is 4.87. The second-order valence-corrected chi connectivity index (χ2v) is 5.13. The Bertz CT molecular complexity index is 369. The number of aryl methyl sites for hydroxylation is 1. The summed E-state index contributed by atoms with van der Waals surface area (Å²) in [6.45, 7) is 1.78. The molecule has 0 saturated carbocycles. The second-order valence-electron chi connectivity index (χ2n) is 2.85. The van der Waals surface area contributed by atoms with Crippen molar-refractivity contribution in [3.63, 3.8) is 0 Å². The molecule has 0 heterocycles. The maximum atomic E-state index is 11.4. The molecule has 0 spiro atoms. The first kappa shape index (κ1) is 11.6. The summed E-state index contributed by atoms with van der Waals surface area (Å²) in [5.41, 5.74) is 0.832. The molecule has 0 aliphatic carbocycles. The molecule has 1 N–H and O–H groups in total. The van der Waals surface area contributed by atoms with E-state index in [9.17, 15) is 9.90 Å². The number of ketones is 1. The van der Waals surface area contributed by atoms with Crippen LogP contribution in [-0.2, 0) is 0 Å². The Labute approximate surface area is 96.4 Å². The van der Waals surface area contributed by atoms with Gasteiger partial charge in [-0.15, -0.1) is 0 Å². The lowest BCUT2D eigenvalue weighted by Gasteiger charge is -2.10. The van der Waals surface area contributed by atoms with Gasteiger partial charge >= 0.3 is 0 Å². The first-order chi connectivity index (χ1) is 6.32. The Balaban J connectivity index is 3.15. The molecule has 0 fully saturated rings. The Morgan fingerprint density at radius 3 is 2.36 bits per heavy atom. The van der Waals surface area contributed by atoms with Gasteiger partial charge in [0.1, 0.15) is 5.75 Å². The lowest BCUT2D eigenvalue weighted by atomic mass is 10.1. The number of halogens is 3. The quantitative estimate of drug-likeness (QED) is 0.616. The van der Waals surface area contributed by atoms with E-state index >= 15 is 0 Å². The number of alkyl halides is 3. The fourth-order valence-electron chi connectivity index (χ4n) is 0.986. The number of phenolic OH excluding ortho intramolecular Hbond substituents is 1. The first-order valence-electron chi connectivity index (χ1n) is 3.73. The molecule has 0 saturated heterocycles. The van der Waals surface area contributed by atoms with Gasteiger partial charge in [-0.1, -0.05) is 40.9 Å². The van der Waals surface area contributed by atoms with Crippen molar-refractivity contribution in [1.29, 1.82) is 0 Å². The van der Waals surface area contributed by atoms with E-state index in [1.165, 1.54) is 12.1 Å². The molecule has 1 aromatic carbocycles. The fourth-order valence-corrected chi connectivity index (χ4v) is 1.29. The molecule has 0 aliphatic heterocycles. The van der Waals surface area contributed by atoms with Crippen molar-refractivity contribution in [1.82, 2.24) is 0 Å². The summed E-state index contributed by atoms with van der Waals surface area (Å²) in [5.74, 6) is -0.915. The maximum Gasteiger partial charge on any atom is 0.253 e. The second kappa shape index (κ2) is 3.97. The van der Waals surface area contributed by atoms with Crippen molar-refractivity contribution >= 4 is 40.6 Å². The van der Waals surface area contributed by atoms with Gasteiger partial charge in [-0.2, -0.15) is 0 Å². The molecule has 0 aromatic heterocycles. The third-order valence-corrected chi connectivity index (χ3v) is 2.17. The Morgan fingerprint density at radius 2 is 1.93 bits per heavy atom. The third kappa shape index (κ3) is 2.53. The standard InChI is InChI=1S/C9H7Cl3O2/c1-5-2-3-6(7(13)4-5)8(14)9(10,11)12/h2-4,13H,1H3. The minimum absolute atomic E-state index is 0.00981. The smallest absolute Gasteiger partial charge is 0.253 e. The lowest BCUT2D eigenvalue weighted by molar-refractivity contribution is 0.0994. The number of hydrogen-bond acceptors (Lipinski definition) is 2. The van der Waals surface area contributed by atoms with Gasteiger partial charge in [0.15, 0.2) is 0 Å². The molecule has 0 aliphatic rings. The normalized spacial score (nSPS) is 11.4. The molecule has 76 valence electrons. The average Bonchev–Trinajstić information content (AvgIpc) is 2.01. The van der Waals surface area contributed by atoms with Crippen LogP contribution in [0.3, 0.4) is 0 Å². The van der Waals surface area contributed by atoms with Crippen LogP contribution in [-0.4, -0.2) is 14.7 Å². The van der Waals surface area contributed by atoms with Crippen molar-refractivity contribution in [3.05, 3.63) is 29.3 Å². The number of aromatic hydroxyl groups is 1. The number of phenols is 1. The van der Waals surface area contributed by atoms with Gasteiger partial charge in [-0.3, -0.25) is 4.79 Å². The van der Waals surface area contributed by atoms with Gasteiger partial charge in [0, 0.05) is 0 Å². The van der Waals surface area contributed by atoms with Gasteiger partial charge < -0.3 is 5.11 Å².